The lowest BCUT2D eigenvalue weighted by Crippen LogP contribution is -2.27. The Labute approximate surface area is 148 Å². The SMILES string of the molecule is Cc1cc(C)cc(OC(=O)[C@@H]2CC(=O)N(c3cc(C)cc(C)c3)C2)c1. The van der Waals surface area contributed by atoms with Crippen molar-refractivity contribution in [3.8, 4) is 5.75 Å². The fourth-order valence-corrected chi connectivity index (χ4v) is 3.41. The standard InChI is InChI=1S/C21H23NO3/c1-13-5-14(2)8-18(7-13)22-12-17(11-20(22)23)21(24)25-19-9-15(3)6-16(4)10-19/h5-10,17H,11-12H2,1-4H3/t17-/m1/s1. The molecule has 3 rings (SSSR count). The first-order valence-electron chi connectivity index (χ1n) is 8.50. The quantitative estimate of drug-likeness (QED) is 0.631. The number of hydrogen-bond acceptors (Lipinski definition) is 3. The summed E-state index contributed by atoms with van der Waals surface area (Å²) in [5, 5.41) is 0. The van der Waals surface area contributed by atoms with Crippen LogP contribution in [0.2, 0.25) is 0 Å². The lowest BCUT2D eigenvalue weighted by atomic mass is 10.1. The summed E-state index contributed by atoms with van der Waals surface area (Å²) in [6.07, 6.45) is 0.191. The maximum atomic E-state index is 12.5. The Kier molecular flexibility index (Phi) is 4.62. The predicted molar refractivity (Wildman–Crippen MR) is 97.9 cm³/mol. The molecule has 0 bridgehead atoms. The molecule has 4 heteroatoms. The Morgan fingerprint density at radius 3 is 2.00 bits per heavy atom. The molecule has 1 saturated heterocycles. The monoisotopic (exact) mass is 337 g/mol. The van der Waals surface area contributed by atoms with Crippen LogP contribution in [0.5, 0.6) is 5.75 Å². The fraction of sp³-hybridized carbons (Fsp3) is 0.333. The van der Waals surface area contributed by atoms with Crippen LogP contribution in [0, 0.1) is 33.6 Å². The number of rotatable bonds is 3. The van der Waals surface area contributed by atoms with Gasteiger partial charge >= 0.3 is 5.97 Å². The van der Waals surface area contributed by atoms with Crippen molar-refractivity contribution in [1.29, 1.82) is 0 Å². The molecule has 25 heavy (non-hydrogen) atoms. The van der Waals surface area contributed by atoms with Crippen LogP contribution in [0.15, 0.2) is 36.4 Å². The number of hydrogen-bond donors (Lipinski definition) is 0. The maximum absolute atomic E-state index is 12.5. The van der Waals surface area contributed by atoms with Gasteiger partial charge in [-0.2, -0.15) is 0 Å². The molecule has 1 amide bonds. The molecule has 2 aromatic carbocycles. The Balaban J connectivity index is 1.74. The highest BCUT2D eigenvalue weighted by Gasteiger charge is 2.36. The van der Waals surface area contributed by atoms with E-state index in [9.17, 15) is 9.59 Å². The zero-order chi connectivity index (χ0) is 18.1. The number of anilines is 1. The number of nitrogens with zero attached hydrogens (tertiary/aromatic N) is 1. The molecule has 0 aromatic heterocycles. The van der Waals surface area contributed by atoms with Gasteiger partial charge in [0.1, 0.15) is 5.75 Å². The summed E-state index contributed by atoms with van der Waals surface area (Å²) in [4.78, 5) is 26.6. The topological polar surface area (TPSA) is 46.6 Å². The van der Waals surface area contributed by atoms with Gasteiger partial charge in [-0.15, -0.1) is 0 Å². The van der Waals surface area contributed by atoms with Gasteiger partial charge in [0.05, 0.1) is 5.92 Å². The molecular formula is C21H23NO3. The van der Waals surface area contributed by atoms with E-state index < -0.39 is 5.92 Å². The molecular weight excluding hydrogens is 314 g/mol. The zero-order valence-electron chi connectivity index (χ0n) is 15.1. The first-order valence-corrected chi connectivity index (χ1v) is 8.50. The van der Waals surface area contributed by atoms with E-state index in [-0.39, 0.29) is 18.3 Å². The molecule has 0 saturated carbocycles. The van der Waals surface area contributed by atoms with Crippen molar-refractivity contribution in [3.05, 3.63) is 58.7 Å². The van der Waals surface area contributed by atoms with Crippen molar-refractivity contribution in [1.82, 2.24) is 0 Å². The number of benzene rings is 2. The first-order chi connectivity index (χ1) is 11.8. The van der Waals surface area contributed by atoms with Gasteiger partial charge in [-0.05, 0) is 74.2 Å². The van der Waals surface area contributed by atoms with Gasteiger partial charge < -0.3 is 9.64 Å². The normalized spacial score (nSPS) is 17.0. The lowest BCUT2D eigenvalue weighted by Gasteiger charge is -2.18. The van der Waals surface area contributed by atoms with Crippen LogP contribution in [-0.2, 0) is 9.59 Å². The third-order valence-corrected chi connectivity index (χ3v) is 4.39. The smallest absolute Gasteiger partial charge is 0.316 e. The van der Waals surface area contributed by atoms with Gasteiger partial charge in [-0.1, -0.05) is 12.1 Å². The highest BCUT2D eigenvalue weighted by Crippen LogP contribution is 2.28. The number of carbonyl (C=O) groups excluding carboxylic acids is 2. The van der Waals surface area contributed by atoms with E-state index in [2.05, 4.69) is 6.07 Å². The number of esters is 1. The van der Waals surface area contributed by atoms with Crippen LogP contribution >= 0.6 is 0 Å². The minimum Gasteiger partial charge on any atom is -0.426 e. The van der Waals surface area contributed by atoms with Crippen LogP contribution in [0.4, 0.5) is 5.69 Å². The Bertz CT molecular complexity index is 801. The molecule has 4 nitrogen and oxygen atoms in total. The molecule has 2 aromatic rings. The van der Waals surface area contributed by atoms with Gasteiger partial charge in [0.25, 0.3) is 0 Å². The lowest BCUT2D eigenvalue weighted by molar-refractivity contribution is -0.139. The molecule has 1 fully saturated rings. The molecule has 0 N–H and O–H groups in total. The van der Waals surface area contributed by atoms with Crippen LogP contribution < -0.4 is 9.64 Å². The second-order valence-electron chi connectivity index (χ2n) is 7.00. The van der Waals surface area contributed by atoms with Crippen molar-refractivity contribution in [2.45, 2.75) is 34.1 Å². The van der Waals surface area contributed by atoms with E-state index in [0.29, 0.717) is 12.3 Å². The van der Waals surface area contributed by atoms with Gasteiger partial charge in [0.15, 0.2) is 0 Å². The van der Waals surface area contributed by atoms with Gasteiger partial charge in [-0.3, -0.25) is 9.59 Å². The summed E-state index contributed by atoms with van der Waals surface area (Å²) in [6.45, 7) is 8.30. The molecule has 1 aliphatic heterocycles. The van der Waals surface area contributed by atoms with Crippen molar-refractivity contribution < 1.29 is 14.3 Å². The minimum absolute atomic E-state index is 0.0348. The van der Waals surface area contributed by atoms with Crippen LogP contribution in [-0.4, -0.2) is 18.4 Å². The van der Waals surface area contributed by atoms with Crippen LogP contribution in [0.25, 0.3) is 0 Å². The van der Waals surface area contributed by atoms with Gasteiger partial charge in [0, 0.05) is 18.7 Å². The minimum atomic E-state index is -0.436. The zero-order valence-corrected chi connectivity index (χ0v) is 15.1. The van der Waals surface area contributed by atoms with Crippen molar-refractivity contribution >= 4 is 17.6 Å². The second kappa shape index (κ2) is 6.71. The molecule has 0 spiro atoms. The largest absolute Gasteiger partial charge is 0.426 e. The Morgan fingerprint density at radius 2 is 1.44 bits per heavy atom. The summed E-state index contributed by atoms with van der Waals surface area (Å²) in [6, 6.07) is 11.7. The molecule has 0 unspecified atom stereocenters. The highest BCUT2D eigenvalue weighted by molar-refractivity contribution is 5.99. The molecule has 130 valence electrons. The molecule has 0 radical (unpaired) electrons. The van der Waals surface area contributed by atoms with E-state index >= 15 is 0 Å². The Morgan fingerprint density at radius 1 is 0.920 bits per heavy atom. The first kappa shape index (κ1) is 17.2. The van der Waals surface area contributed by atoms with E-state index in [1.54, 1.807) is 4.90 Å². The summed E-state index contributed by atoms with van der Waals surface area (Å²) in [7, 11) is 0. The van der Waals surface area contributed by atoms with E-state index in [0.717, 1.165) is 27.9 Å². The van der Waals surface area contributed by atoms with Crippen LogP contribution in [0.3, 0.4) is 0 Å². The second-order valence-corrected chi connectivity index (χ2v) is 7.00. The summed E-state index contributed by atoms with van der Waals surface area (Å²) in [5.74, 6) is -0.272. The van der Waals surface area contributed by atoms with Crippen molar-refractivity contribution in [2.75, 3.05) is 11.4 Å². The van der Waals surface area contributed by atoms with Gasteiger partial charge in [0.2, 0.25) is 5.91 Å². The average molecular weight is 337 g/mol. The predicted octanol–water partition coefficient (Wildman–Crippen LogP) is 3.88. The highest BCUT2D eigenvalue weighted by atomic mass is 16.5. The van der Waals surface area contributed by atoms with E-state index in [1.807, 2.05) is 58.0 Å². The van der Waals surface area contributed by atoms with Crippen LogP contribution in [0.1, 0.15) is 28.7 Å². The van der Waals surface area contributed by atoms with E-state index in [1.165, 1.54) is 0 Å². The van der Waals surface area contributed by atoms with Gasteiger partial charge in [-0.25, -0.2) is 0 Å². The fourth-order valence-electron chi connectivity index (χ4n) is 3.41. The average Bonchev–Trinajstić information content (AvgIpc) is 2.87. The molecule has 0 aliphatic carbocycles. The number of amides is 1. The summed E-state index contributed by atoms with van der Waals surface area (Å²) >= 11 is 0. The third kappa shape index (κ3) is 3.90. The maximum Gasteiger partial charge on any atom is 0.316 e. The number of aryl methyl sites for hydroxylation is 4. The Hall–Kier alpha value is -2.62. The molecule has 1 heterocycles. The molecule has 1 aliphatic rings. The summed E-state index contributed by atoms with van der Waals surface area (Å²) in [5.41, 5.74) is 5.14. The third-order valence-electron chi connectivity index (χ3n) is 4.39. The number of ether oxygens (including phenoxy) is 1. The van der Waals surface area contributed by atoms with E-state index in [4.69, 9.17) is 4.74 Å². The number of carbonyl (C=O) groups is 2. The van der Waals surface area contributed by atoms with Crippen molar-refractivity contribution in [3.63, 3.8) is 0 Å². The summed E-state index contributed by atoms with van der Waals surface area (Å²) < 4.78 is 5.52. The molecule has 1 atom stereocenters. The van der Waals surface area contributed by atoms with Crippen molar-refractivity contribution in [2.24, 2.45) is 5.92 Å².